The van der Waals surface area contributed by atoms with Gasteiger partial charge in [0.15, 0.2) is 0 Å². The second-order valence-corrected chi connectivity index (χ2v) is 4.98. The number of hydrogen-bond acceptors (Lipinski definition) is 3. The molecule has 4 nitrogen and oxygen atoms in total. The zero-order valence-electron chi connectivity index (χ0n) is 10.1. The van der Waals surface area contributed by atoms with Gasteiger partial charge in [-0.1, -0.05) is 6.07 Å². The Hall–Kier alpha value is -0.840. The SMILES string of the molecule is Cc1cccc(C(=O)N2CC3CC3(N)C2)n1.Cl.Cl. The highest BCUT2D eigenvalue weighted by molar-refractivity contribution is 5.92. The number of halogens is 2. The van der Waals surface area contributed by atoms with Crippen LogP contribution in [0.2, 0.25) is 0 Å². The van der Waals surface area contributed by atoms with Crippen LogP contribution in [0.4, 0.5) is 0 Å². The fourth-order valence-corrected chi connectivity index (χ4v) is 2.50. The Morgan fingerprint density at radius 3 is 2.78 bits per heavy atom. The van der Waals surface area contributed by atoms with Crippen LogP contribution >= 0.6 is 24.8 Å². The molecule has 100 valence electrons. The minimum atomic E-state index is -0.0838. The van der Waals surface area contributed by atoms with Gasteiger partial charge in [-0.25, -0.2) is 4.98 Å². The van der Waals surface area contributed by atoms with Crippen molar-refractivity contribution in [3.63, 3.8) is 0 Å². The second-order valence-electron chi connectivity index (χ2n) is 4.98. The van der Waals surface area contributed by atoms with E-state index in [-0.39, 0.29) is 36.3 Å². The number of amides is 1. The highest BCUT2D eigenvalue weighted by Crippen LogP contribution is 2.47. The summed E-state index contributed by atoms with van der Waals surface area (Å²) in [5, 5.41) is 0. The molecular weight excluding hydrogens is 273 g/mol. The van der Waals surface area contributed by atoms with E-state index in [2.05, 4.69) is 4.98 Å². The molecule has 2 unspecified atom stereocenters. The van der Waals surface area contributed by atoms with Crippen molar-refractivity contribution in [2.45, 2.75) is 18.9 Å². The number of nitrogens with zero attached hydrogens (tertiary/aromatic N) is 2. The fraction of sp³-hybridized carbons (Fsp3) is 0.500. The van der Waals surface area contributed by atoms with Gasteiger partial charge in [-0.3, -0.25) is 4.79 Å². The third-order valence-corrected chi connectivity index (χ3v) is 3.60. The summed E-state index contributed by atoms with van der Waals surface area (Å²) in [6.45, 7) is 3.37. The lowest BCUT2D eigenvalue weighted by atomic mass is 10.2. The Balaban J connectivity index is 0.000000810. The molecule has 1 aromatic heterocycles. The van der Waals surface area contributed by atoms with Crippen molar-refractivity contribution in [2.24, 2.45) is 11.7 Å². The molecule has 1 saturated carbocycles. The average molecular weight is 290 g/mol. The zero-order chi connectivity index (χ0) is 11.3. The van der Waals surface area contributed by atoms with Crippen molar-refractivity contribution >= 4 is 30.7 Å². The molecule has 3 rings (SSSR count). The van der Waals surface area contributed by atoms with E-state index in [1.54, 1.807) is 6.07 Å². The highest BCUT2D eigenvalue weighted by atomic mass is 35.5. The summed E-state index contributed by atoms with van der Waals surface area (Å²) in [5.74, 6) is 0.530. The molecule has 2 atom stereocenters. The van der Waals surface area contributed by atoms with Gasteiger partial charge in [-0.15, -0.1) is 24.8 Å². The van der Waals surface area contributed by atoms with E-state index < -0.39 is 0 Å². The van der Waals surface area contributed by atoms with Crippen LogP contribution in [0.1, 0.15) is 22.6 Å². The van der Waals surface area contributed by atoms with Crippen molar-refractivity contribution < 1.29 is 4.79 Å². The maximum absolute atomic E-state index is 12.1. The minimum absolute atomic E-state index is 0. The largest absolute Gasteiger partial charge is 0.335 e. The molecule has 0 bridgehead atoms. The van der Waals surface area contributed by atoms with Crippen molar-refractivity contribution in [3.8, 4) is 0 Å². The summed E-state index contributed by atoms with van der Waals surface area (Å²) < 4.78 is 0. The molecule has 2 heterocycles. The molecule has 0 spiro atoms. The van der Waals surface area contributed by atoms with Crippen molar-refractivity contribution in [1.82, 2.24) is 9.88 Å². The van der Waals surface area contributed by atoms with Gasteiger partial charge in [0, 0.05) is 24.3 Å². The molecule has 18 heavy (non-hydrogen) atoms. The standard InChI is InChI=1S/C12H15N3O.2ClH/c1-8-3-2-4-10(14-8)11(16)15-6-9-5-12(9,13)7-15;;/h2-4,9H,5-7,13H2,1H3;2*1H. The third-order valence-electron chi connectivity index (χ3n) is 3.60. The number of aromatic nitrogens is 1. The van der Waals surface area contributed by atoms with Gasteiger partial charge in [0.05, 0.1) is 0 Å². The third kappa shape index (κ3) is 2.46. The van der Waals surface area contributed by atoms with Crippen molar-refractivity contribution in [2.75, 3.05) is 13.1 Å². The topological polar surface area (TPSA) is 59.2 Å². The normalized spacial score (nSPS) is 27.9. The molecule has 2 aliphatic rings. The first kappa shape index (κ1) is 15.2. The number of pyridine rings is 1. The minimum Gasteiger partial charge on any atom is -0.335 e. The molecule has 1 aliphatic heterocycles. The number of piperidine rings is 1. The fourth-order valence-electron chi connectivity index (χ4n) is 2.50. The summed E-state index contributed by atoms with van der Waals surface area (Å²) in [6, 6.07) is 5.52. The molecule has 1 aromatic rings. The first-order valence-corrected chi connectivity index (χ1v) is 5.60. The zero-order valence-corrected chi connectivity index (χ0v) is 11.8. The summed E-state index contributed by atoms with van der Waals surface area (Å²) in [7, 11) is 0. The number of rotatable bonds is 1. The lowest BCUT2D eigenvalue weighted by Gasteiger charge is -2.18. The Morgan fingerprint density at radius 1 is 1.50 bits per heavy atom. The molecule has 0 radical (unpaired) electrons. The van der Waals surface area contributed by atoms with Crippen LogP contribution in [0.5, 0.6) is 0 Å². The lowest BCUT2D eigenvalue weighted by Crippen LogP contribution is -2.37. The Bertz CT molecular complexity index is 468. The number of fused-ring (bicyclic) bond motifs is 1. The number of aryl methyl sites for hydroxylation is 1. The predicted octanol–water partition coefficient (Wildman–Crippen LogP) is 1.41. The maximum Gasteiger partial charge on any atom is 0.272 e. The summed E-state index contributed by atoms with van der Waals surface area (Å²) >= 11 is 0. The molecule has 1 saturated heterocycles. The van der Waals surface area contributed by atoms with Crippen LogP contribution in [-0.2, 0) is 0 Å². The van der Waals surface area contributed by atoms with Crippen LogP contribution < -0.4 is 5.73 Å². The molecular formula is C12H17Cl2N3O. The molecule has 6 heteroatoms. The van der Waals surface area contributed by atoms with Gasteiger partial charge >= 0.3 is 0 Å². The number of carbonyl (C=O) groups excluding carboxylic acids is 1. The molecule has 2 N–H and O–H groups in total. The van der Waals surface area contributed by atoms with Gasteiger partial charge in [-0.05, 0) is 31.4 Å². The predicted molar refractivity (Wildman–Crippen MR) is 74.4 cm³/mol. The van der Waals surface area contributed by atoms with Crippen LogP contribution in [0.25, 0.3) is 0 Å². The van der Waals surface area contributed by atoms with E-state index in [1.165, 1.54) is 0 Å². The van der Waals surface area contributed by atoms with Gasteiger partial charge < -0.3 is 10.6 Å². The number of likely N-dealkylation sites (tertiary alicyclic amines) is 1. The monoisotopic (exact) mass is 289 g/mol. The number of carbonyl (C=O) groups is 1. The van der Waals surface area contributed by atoms with E-state index in [1.807, 2.05) is 24.0 Å². The summed E-state index contributed by atoms with van der Waals surface area (Å²) in [5.41, 5.74) is 7.40. The van der Waals surface area contributed by atoms with Gasteiger partial charge in [-0.2, -0.15) is 0 Å². The van der Waals surface area contributed by atoms with E-state index in [4.69, 9.17) is 5.73 Å². The smallest absolute Gasteiger partial charge is 0.272 e. The Kier molecular flexibility index (Phi) is 4.26. The van der Waals surface area contributed by atoms with E-state index in [0.29, 0.717) is 18.2 Å². The maximum atomic E-state index is 12.1. The number of nitrogens with two attached hydrogens (primary N) is 1. The molecule has 2 fully saturated rings. The van der Waals surface area contributed by atoms with Crippen LogP contribution in [0.3, 0.4) is 0 Å². The van der Waals surface area contributed by atoms with Crippen LogP contribution in [0, 0.1) is 12.8 Å². The van der Waals surface area contributed by atoms with Gasteiger partial charge in [0.2, 0.25) is 0 Å². The molecule has 1 aliphatic carbocycles. The van der Waals surface area contributed by atoms with Crippen molar-refractivity contribution in [3.05, 3.63) is 29.6 Å². The molecule has 0 aromatic carbocycles. The van der Waals surface area contributed by atoms with Crippen LogP contribution in [0.15, 0.2) is 18.2 Å². The average Bonchev–Trinajstić information content (AvgIpc) is 2.76. The molecule has 1 amide bonds. The first-order chi connectivity index (χ1) is 7.58. The van der Waals surface area contributed by atoms with E-state index in [0.717, 1.165) is 18.7 Å². The summed E-state index contributed by atoms with van der Waals surface area (Å²) in [4.78, 5) is 18.2. The second kappa shape index (κ2) is 5.03. The first-order valence-electron chi connectivity index (χ1n) is 5.60. The van der Waals surface area contributed by atoms with Gasteiger partial charge in [0.25, 0.3) is 5.91 Å². The number of hydrogen-bond donors (Lipinski definition) is 1. The quantitative estimate of drug-likeness (QED) is 0.850. The van der Waals surface area contributed by atoms with Crippen molar-refractivity contribution in [1.29, 1.82) is 0 Å². The Morgan fingerprint density at radius 2 is 2.22 bits per heavy atom. The highest BCUT2D eigenvalue weighted by Gasteiger charge is 2.58. The Labute approximate surface area is 119 Å². The summed E-state index contributed by atoms with van der Waals surface area (Å²) in [6.07, 6.45) is 1.07. The lowest BCUT2D eigenvalue weighted by molar-refractivity contribution is 0.0766. The van der Waals surface area contributed by atoms with Gasteiger partial charge in [0.1, 0.15) is 5.69 Å². The van der Waals surface area contributed by atoms with E-state index in [9.17, 15) is 4.79 Å². The van der Waals surface area contributed by atoms with Crippen LogP contribution in [-0.4, -0.2) is 34.4 Å². The van der Waals surface area contributed by atoms with E-state index >= 15 is 0 Å².